The summed E-state index contributed by atoms with van der Waals surface area (Å²) in [7, 11) is 0. The highest BCUT2D eigenvalue weighted by atomic mass is 35.5. The number of amides is 1. The van der Waals surface area contributed by atoms with Gasteiger partial charge in [0.1, 0.15) is 0 Å². The quantitative estimate of drug-likeness (QED) is 0.786. The van der Waals surface area contributed by atoms with Crippen LogP contribution in [0, 0.1) is 5.92 Å². The summed E-state index contributed by atoms with van der Waals surface area (Å²) in [5.74, 6) is 2.44. The van der Waals surface area contributed by atoms with Crippen molar-refractivity contribution < 1.29 is 9.53 Å². The predicted octanol–water partition coefficient (Wildman–Crippen LogP) is 0.613. The topological polar surface area (TPSA) is 50.4 Å². The smallest absolute Gasteiger partial charge is 0.238 e. The molecular weight excluding hydrogens is 248 g/mol. The van der Waals surface area contributed by atoms with Crippen molar-refractivity contribution >= 4 is 30.1 Å². The summed E-state index contributed by atoms with van der Waals surface area (Å²) >= 11 is 1.78. The lowest BCUT2D eigenvalue weighted by atomic mass is 10.0. The number of hydrogen-bond acceptors (Lipinski definition) is 4. The van der Waals surface area contributed by atoms with Crippen LogP contribution in [0.25, 0.3) is 0 Å². The van der Waals surface area contributed by atoms with Gasteiger partial charge in [0.15, 0.2) is 0 Å². The number of halogens is 1. The van der Waals surface area contributed by atoms with E-state index in [-0.39, 0.29) is 24.4 Å². The molecule has 2 rings (SSSR count). The second-order valence-electron chi connectivity index (χ2n) is 4.10. The average molecular weight is 267 g/mol. The fourth-order valence-corrected chi connectivity index (χ4v) is 2.84. The molecule has 2 aliphatic rings. The molecule has 0 aliphatic carbocycles. The molecule has 2 saturated heterocycles. The Balaban J connectivity index is 0.00000128. The zero-order valence-electron chi connectivity index (χ0n) is 9.24. The Labute approximate surface area is 107 Å². The fraction of sp³-hybridized carbons (Fsp3) is 0.900. The maximum atomic E-state index is 11.7. The lowest BCUT2D eigenvalue weighted by Crippen LogP contribution is -2.44. The highest BCUT2D eigenvalue weighted by Crippen LogP contribution is 2.13. The van der Waals surface area contributed by atoms with E-state index in [1.807, 2.05) is 0 Å². The number of carbonyl (C=O) groups is 1. The van der Waals surface area contributed by atoms with Crippen LogP contribution in [0.15, 0.2) is 0 Å². The molecule has 2 N–H and O–H groups in total. The Kier molecular flexibility index (Phi) is 6.49. The number of rotatable bonds is 3. The van der Waals surface area contributed by atoms with Gasteiger partial charge in [0, 0.05) is 24.8 Å². The van der Waals surface area contributed by atoms with Crippen molar-refractivity contribution in [3.05, 3.63) is 0 Å². The Morgan fingerprint density at radius 1 is 1.56 bits per heavy atom. The van der Waals surface area contributed by atoms with E-state index in [4.69, 9.17) is 4.74 Å². The third-order valence-corrected chi connectivity index (χ3v) is 3.79. The van der Waals surface area contributed by atoms with Crippen LogP contribution in [0.3, 0.4) is 0 Å². The van der Waals surface area contributed by atoms with Crippen LogP contribution in [-0.4, -0.2) is 43.3 Å². The molecule has 0 radical (unpaired) electrons. The SMILES string of the molecule is Cl.O=C(NCC1CCCOC1)C1CSCN1. The van der Waals surface area contributed by atoms with E-state index in [1.165, 1.54) is 6.42 Å². The molecular formula is C10H19ClN2O2S. The van der Waals surface area contributed by atoms with Crippen LogP contribution in [0.2, 0.25) is 0 Å². The van der Waals surface area contributed by atoms with Crippen molar-refractivity contribution in [1.82, 2.24) is 10.6 Å². The first-order valence-electron chi connectivity index (χ1n) is 5.53. The molecule has 2 heterocycles. The molecule has 4 nitrogen and oxygen atoms in total. The van der Waals surface area contributed by atoms with Gasteiger partial charge >= 0.3 is 0 Å². The first-order valence-corrected chi connectivity index (χ1v) is 6.68. The molecule has 2 fully saturated rings. The minimum absolute atomic E-state index is 0. The van der Waals surface area contributed by atoms with E-state index in [0.29, 0.717) is 5.92 Å². The number of hydrogen-bond donors (Lipinski definition) is 2. The van der Waals surface area contributed by atoms with Gasteiger partial charge in [-0.25, -0.2) is 0 Å². The van der Waals surface area contributed by atoms with Gasteiger partial charge in [-0.2, -0.15) is 0 Å². The first-order chi connectivity index (χ1) is 7.36. The molecule has 16 heavy (non-hydrogen) atoms. The van der Waals surface area contributed by atoms with E-state index in [1.54, 1.807) is 11.8 Å². The molecule has 6 heteroatoms. The number of ether oxygens (including phenoxy) is 1. The lowest BCUT2D eigenvalue weighted by molar-refractivity contribution is -0.122. The fourth-order valence-electron chi connectivity index (χ4n) is 1.90. The van der Waals surface area contributed by atoms with E-state index < -0.39 is 0 Å². The summed E-state index contributed by atoms with van der Waals surface area (Å²) in [5, 5.41) is 6.16. The summed E-state index contributed by atoms with van der Waals surface area (Å²) in [6.07, 6.45) is 2.30. The normalized spacial score (nSPS) is 29.5. The highest BCUT2D eigenvalue weighted by molar-refractivity contribution is 7.99. The summed E-state index contributed by atoms with van der Waals surface area (Å²) < 4.78 is 5.37. The zero-order valence-corrected chi connectivity index (χ0v) is 10.9. The third kappa shape index (κ3) is 4.13. The Morgan fingerprint density at radius 3 is 3.06 bits per heavy atom. The second kappa shape index (κ2) is 7.37. The maximum Gasteiger partial charge on any atom is 0.238 e. The van der Waals surface area contributed by atoms with Crippen LogP contribution in [0.1, 0.15) is 12.8 Å². The van der Waals surface area contributed by atoms with Gasteiger partial charge in [0.2, 0.25) is 5.91 Å². The molecule has 0 saturated carbocycles. The molecule has 0 aromatic heterocycles. The number of nitrogens with one attached hydrogen (secondary N) is 2. The lowest BCUT2D eigenvalue weighted by Gasteiger charge is -2.22. The molecule has 0 bridgehead atoms. The Hall–Kier alpha value is 0.0300. The third-order valence-electron chi connectivity index (χ3n) is 2.85. The van der Waals surface area contributed by atoms with Crippen molar-refractivity contribution in [2.75, 3.05) is 31.4 Å². The summed E-state index contributed by atoms with van der Waals surface area (Å²) in [5.41, 5.74) is 0. The second-order valence-corrected chi connectivity index (χ2v) is 5.13. The van der Waals surface area contributed by atoms with E-state index >= 15 is 0 Å². The molecule has 2 atom stereocenters. The van der Waals surface area contributed by atoms with Gasteiger partial charge in [-0.3, -0.25) is 10.1 Å². The van der Waals surface area contributed by atoms with Gasteiger partial charge in [-0.05, 0) is 18.8 Å². The van der Waals surface area contributed by atoms with Crippen LogP contribution >= 0.6 is 24.2 Å². The summed E-state index contributed by atoms with van der Waals surface area (Å²) in [6, 6.07) is 0.0134. The average Bonchev–Trinajstić information content (AvgIpc) is 2.81. The van der Waals surface area contributed by atoms with Crippen LogP contribution in [0.4, 0.5) is 0 Å². The van der Waals surface area contributed by atoms with Crippen LogP contribution in [-0.2, 0) is 9.53 Å². The Bertz CT molecular complexity index is 219. The van der Waals surface area contributed by atoms with Gasteiger partial charge < -0.3 is 10.1 Å². The van der Waals surface area contributed by atoms with Gasteiger partial charge in [-0.1, -0.05) is 0 Å². The minimum atomic E-state index is 0. The first kappa shape index (κ1) is 14.1. The van der Waals surface area contributed by atoms with Gasteiger partial charge in [0.25, 0.3) is 0 Å². The van der Waals surface area contributed by atoms with Gasteiger partial charge in [-0.15, -0.1) is 24.2 Å². The van der Waals surface area contributed by atoms with Gasteiger partial charge in [0.05, 0.1) is 12.6 Å². The van der Waals surface area contributed by atoms with Crippen molar-refractivity contribution in [2.24, 2.45) is 5.92 Å². The zero-order chi connectivity index (χ0) is 10.5. The monoisotopic (exact) mass is 266 g/mol. The largest absolute Gasteiger partial charge is 0.381 e. The highest BCUT2D eigenvalue weighted by Gasteiger charge is 2.23. The molecule has 94 valence electrons. The summed E-state index contributed by atoms with van der Waals surface area (Å²) in [6.45, 7) is 2.44. The van der Waals surface area contributed by atoms with E-state index in [0.717, 1.165) is 37.8 Å². The Morgan fingerprint density at radius 2 is 2.44 bits per heavy atom. The molecule has 2 aliphatic heterocycles. The molecule has 1 amide bonds. The molecule has 2 unspecified atom stereocenters. The predicted molar refractivity (Wildman–Crippen MR) is 68.0 cm³/mol. The molecule has 0 spiro atoms. The minimum Gasteiger partial charge on any atom is -0.381 e. The van der Waals surface area contributed by atoms with Crippen molar-refractivity contribution in [3.8, 4) is 0 Å². The van der Waals surface area contributed by atoms with Crippen molar-refractivity contribution in [3.63, 3.8) is 0 Å². The van der Waals surface area contributed by atoms with Crippen LogP contribution in [0.5, 0.6) is 0 Å². The molecule has 0 aromatic rings. The standard InChI is InChI=1S/C10H18N2O2S.ClH/c13-10(9-6-15-7-12-9)11-4-8-2-1-3-14-5-8;/h8-9,12H,1-7H2,(H,11,13);1H. The van der Waals surface area contributed by atoms with E-state index in [2.05, 4.69) is 10.6 Å². The van der Waals surface area contributed by atoms with Crippen molar-refractivity contribution in [2.45, 2.75) is 18.9 Å². The number of thioether (sulfide) groups is 1. The van der Waals surface area contributed by atoms with Crippen LogP contribution < -0.4 is 10.6 Å². The maximum absolute atomic E-state index is 11.7. The number of carbonyl (C=O) groups excluding carboxylic acids is 1. The van der Waals surface area contributed by atoms with Crippen molar-refractivity contribution in [1.29, 1.82) is 0 Å². The van der Waals surface area contributed by atoms with E-state index in [9.17, 15) is 4.79 Å². The summed E-state index contributed by atoms with van der Waals surface area (Å²) in [4.78, 5) is 11.7. The molecule has 0 aromatic carbocycles.